The summed E-state index contributed by atoms with van der Waals surface area (Å²) in [4.78, 5) is 121. The van der Waals surface area contributed by atoms with Crippen molar-refractivity contribution in [2.75, 3.05) is 78.0 Å². The smallest absolute Gasteiger partial charge is 0.417 e. The van der Waals surface area contributed by atoms with Crippen LogP contribution < -0.4 is 30.1 Å². The van der Waals surface area contributed by atoms with Crippen molar-refractivity contribution in [3.63, 3.8) is 0 Å². The lowest BCUT2D eigenvalue weighted by Gasteiger charge is -2.28. The molecular weight excluding hydrogens is 1440 g/mol. The summed E-state index contributed by atoms with van der Waals surface area (Å²) in [5, 5.41) is 6.07. The average molecular weight is 1550 g/mol. The second-order valence-electron chi connectivity index (χ2n) is 29.0. The minimum Gasteiger partial charge on any atom is -0.465 e. The van der Waals surface area contributed by atoms with Crippen molar-refractivity contribution in [2.45, 2.75) is 222 Å². The highest BCUT2D eigenvalue weighted by molar-refractivity contribution is 9.10. The molecule has 2 saturated carbocycles. The van der Waals surface area contributed by atoms with Crippen molar-refractivity contribution >= 4 is 115 Å². The first-order valence-electron chi connectivity index (χ1n) is 36.9. The van der Waals surface area contributed by atoms with Gasteiger partial charge in [-0.2, -0.15) is 29.9 Å². The molecule has 107 heavy (non-hydrogen) atoms. The number of morpholine rings is 1. The van der Waals surface area contributed by atoms with Gasteiger partial charge in [-0.3, -0.25) is 19.7 Å². The van der Waals surface area contributed by atoms with Crippen molar-refractivity contribution < 1.29 is 66.7 Å². The highest BCUT2D eigenvalue weighted by atomic mass is 79.9. The second kappa shape index (κ2) is 37.6. The van der Waals surface area contributed by atoms with Gasteiger partial charge in [0.05, 0.1) is 58.6 Å². The molecule has 0 unspecified atom stereocenters. The Balaban J connectivity index is 0.000000190. The number of rotatable bonds is 24. The molecule has 0 radical (unpaired) electrons. The monoisotopic (exact) mass is 1540 g/mol. The Morgan fingerprint density at radius 1 is 0.579 bits per heavy atom. The largest absolute Gasteiger partial charge is 0.465 e. The van der Waals surface area contributed by atoms with Crippen molar-refractivity contribution in [1.82, 2.24) is 58.6 Å². The van der Waals surface area contributed by atoms with Crippen LogP contribution in [-0.2, 0) is 73.7 Å². The molecule has 1 aliphatic heterocycles. The quantitative estimate of drug-likeness (QED) is 0.0322. The molecule has 11 rings (SSSR count). The predicted molar refractivity (Wildman–Crippen MR) is 407 cm³/mol. The van der Waals surface area contributed by atoms with Crippen molar-refractivity contribution in [3.05, 3.63) is 83.1 Å². The number of imidazole rings is 3. The van der Waals surface area contributed by atoms with Crippen LogP contribution in [0.5, 0.6) is 11.6 Å². The summed E-state index contributed by atoms with van der Waals surface area (Å²) >= 11 is 3.47. The molecule has 3 aliphatic rings. The maximum atomic E-state index is 13.7. The first kappa shape index (κ1) is 81.2. The van der Waals surface area contributed by atoms with E-state index in [1.54, 1.807) is 73.7 Å². The maximum Gasteiger partial charge on any atom is 0.417 e. The Labute approximate surface area is 632 Å². The molecule has 1 saturated heterocycles. The summed E-state index contributed by atoms with van der Waals surface area (Å²) in [6.07, 6.45) is 16.2. The van der Waals surface area contributed by atoms with Crippen LogP contribution in [0.4, 0.5) is 43.9 Å². The highest BCUT2D eigenvalue weighted by Gasteiger charge is 2.32. The zero-order valence-corrected chi connectivity index (χ0v) is 65.4. The predicted octanol–water partition coefficient (Wildman–Crippen LogP) is 14.2. The Bertz CT molecular complexity index is 4320. The average Bonchev–Trinajstić information content (AvgIpc) is 1.72. The first-order chi connectivity index (χ1) is 51.1. The summed E-state index contributed by atoms with van der Waals surface area (Å²) in [6.45, 7) is 27.2. The van der Waals surface area contributed by atoms with Gasteiger partial charge in [0.25, 0.3) is 5.88 Å². The van der Waals surface area contributed by atoms with Crippen LogP contribution in [0.1, 0.15) is 184 Å². The number of amides is 3. The Morgan fingerprint density at radius 3 is 1.65 bits per heavy atom. The molecule has 3 fully saturated rings. The van der Waals surface area contributed by atoms with E-state index < -0.39 is 47.0 Å². The third-order valence-corrected chi connectivity index (χ3v) is 17.3. The van der Waals surface area contributed by atoms with Gasteiger partial charge in [0.1, 0.15) is 42.2 Å². The van der Waals surface area contributed by atoms with E-state index in [1.165, 1.54) is 60.1 Å². The Morgan fingerprint density at radius 2 is 1.10 bits per heavy atom. The van der Waals surface area contributed by atoms with Crippen LogP contribution in [0, 0.1) is 0 Å². The van der Waals surface area contributed by atoms with E-state index in [1.807, 2.05) is 70.7 Å². The number of nitrogens with zero attached hydrogens (tertiary/aromatic N) is 15. The standard InChI is InChI=1S/C33H38BrN5O5.C24H38N6O4.C18H26N6O5/c1-5-42-27(40)20-38-21-35-28-29(38)36-31(37-30(28)43-26-13-9-12-25(34)18-26)39(32(41)44-33(2,3)4)19-22-14-16-24(17-15-22)23-10-7-6-8-11-23;1-6-8-11-14-30(23(32)34-24(3,4)5)22-27-20(26-17-12-9-10-13-17)19-21(28-22)29(16-25-19)15-18(31)33-7-2;1-5-28-12(25)10-24-11-19-13-14(23-6-8-27-9-7-23)20-16(21-15(13)24)22-17(26)29-18(2,3)4/h9,12-18,21,23H,5-8,10-11,19-20H2,1-4H3;16-17H,6-15H2,1-5H3,(H,26,27,28);11H,5-10H2,1-4H3,(H,20,21,22,26). The Kier molecular flexibility index (Phi) is 28.5. The molecule has 32 heteroatoms. The third-order valence-electron chi connectivity index (χ3n) is 16.9. The molecule has 0 atom stereocenters. The number of ether oxygens (including phenoxy) is 8. The maximum absolute atomic E-state index is 13.7. The van der Waals surface area contributed by atoms with E-state index >= 15 is 0 Å². The van der Waals surface area contributed by atoms with Gasteiger partial charge >= 0.3 is 36.2 Å². The third kappa shape index (κ3) is 23.8. The molecular formula is C75H102BrN17O14. The van der Waals surface area contributed by atoms with E-state index in [-0.39, 0.29) is 75.1 Å². The van der Waals surface area contributed by atoms with Gasteiger partial charge in [-0.25, -0.2) is 39.1 Å². The topological polar surface area (TPSA) is 341 Å². The molecule has 2 N–H and O–H groups in total. The Hall–Kier alpha value is -9.85. The van der Waals surface area contributed by atoms with Gasteiger partial charge < -0.3 is 61.8 Å². The number of esters is 3. The van der Waals surface area contributed by atoms with Gasteiger partial charge in [-0.05, 0) is 150 Å². The van der Waals surface area contributed by atoms with Crippen molar-refractivity contribution in [2.24, 2.45) is 0 Å². The number of carbonyl (C=O) groups excluding carboxylic acids is 6. The van der Waals surface area contributed by atoms with Crippen LogP contribution in [-0.4, -0.2) is 170 Å². The van der Waals surface area contributed by atoms with Gasteiger partial charge in [-0.15, -0.1) is 0 Å². The van der Waals surface area contributed by atoms with E-state index in [2.05, 4.69) is 80.5 Å². The van der Waals surface area contributed by atoms with Crippen LogP contribution in [0.2, 0.25) is 0 Å². The van der Waals surface area contributed by atoms with E-state index in [9.17, 15) is 28.8 Å². The molecule has 7 heterocycles. The SMILES string of the molecule is CCCCCN(C(=O)OC(C)(C)C)c1nc(NC2CCCC2)c2ncn(CC(=O)OCC)c2n1.CCOC(=O)Cn1cnc2c(N3CCOCC3)nc(NC(=O)OC(C)(C)C)nc21.CCOC(=O)Cn1cnc2c(Oc3cccc(Br)c3)nc(N(Cc3ccc(C4CCCCC4)cc3)C(=O)OC(C)(C)C)nc21. The lowest BCUT2D eigenvalue weighted by Crippen LogP contribution is -2.38. The van der Waals surface area contributed by atoms with Gasteiger partial charge in [0.15, 0.2) is 45.1 Å². The van der Waals surface area contributed by atoms with Gasteiger partial charge in [-0.1, -0.05) is 98.1 Å². The number of fused-ring (bicyclic) bond motifs is 3. The lowest BCUT2D eigenvalue weighted by molar-refractivity contribution is -0.144. The number of hydrogen-bond acceptors (Lipinski definition) is 25. The fourth-order valence-corrected chi connectivity index (χ4v) is 12.5. The number of halogens is 1. The molecule has 31 nitrogen and oxygen atoms in total. The van der Waals surface area contributed by atoms with E-state index in [4.69, 9.17) is 47.9 Å². The molecule has 0 bridgehead atoms. The number of hydrogen-bond donors (Lipinski definition) is 2. The molecule has 2 aromatic carbocycles. The summed E-state index contributed by atoms with van der Waals surface area (Å²) in [7, 11) is 0. The summed E-state index contributed by atoms with van der Waals surface area (Å²) in [5.74, 6) is 1.48. The number of unbranched alkanes of at least 4 members (excludes halogenated alkanes) is 2. The second-order valence-corrected chi connectivity index (χ2v) is 29.9. The summed E-state index contributed by atoms with van der Waals surface area (Å²) in [5.41, 5.74) is 2.79. The fourth-order valence-electron chi connectivity index (χ4n) is 12.1. The minimum atomic E-state index is -0.758. The normalized spacial score (nSPS) is 14.3. The van der Waals surface area contributed by atoms with Crippen LogP contribution in [0.3, 0.4) is 0 Å². The zero-order valence-electron chi connectivity index (χ0n) is 63.8. The molecule has 8 aromatic rings. The fraction of sp³-hybridized carbons (Fsp3) is 0.560. The van der Waals surface area contributed by atoms with Crippen LogP contribution in [0.15, 0.2) is 72.0 Å². The lowest BCUT2D eigenvalue weighted by atomic mass is 9.84. The van der Waals surface area contributed by atoms with E-state index in [0.717, 1.165) is 55.0 Å². The summed E-state index contributed by atoms with van der Waals surface area (Å²) in [6, 6.07) is 16.0. The van der Waals surface area contributed by atoms with Gasteiger partial charge in [0, 0.05) is 30.1 Å². The van der Waals surface area contributed by atoms with E-state index in [0.29, 0.717) is 96.2 Å². The van der Waals surface area contributed by atoms with Crippen molar-refractivity contribution in [1.29, 1.82) is 0 Å². The van der Waals surface area contributed by atoms with Crippen LogP contribution >= 0.6 is 15.9 Å². The number of carbonyl (C=O) groups is 6. The van der Waals surface area contributed by atoms with Crippen LogP contribution in [0.25, 0.3) is 33.5 Å². The van der Waals surface area contributed by atoms with Crippen molar-refractivity contribution in [3.8, 4) is 11.6 Å². The first-order valence-corrected chi connectivity index (χ1v) is 37.6. The molecule has 578 valence electrons. The minimum absolute atomic E-state index is 0.0219. The molecule has 6 aromatic heterocycles. The highest BCUT2D eigenvalue weighted by Crippen LogP contribution is 2.36. The number of benzene rings is 2. The number of nitrogens with one attached hydrogen (secondary N) is 2. The molecule has 2 aliphatic carbocycles. The molecule has 3 amide bonds. The molecule has 0 spiro atoms. The number of anilines is 5. The number of aromatic nitrogens is 12. The van der Waals surface area contributed by atoms with Gasteiger partial charge in [0.2, 0.25) is 17.8 Å². The summed E-state index contributed by atoms with van der Waals surface area (Å²) < 4.78 is 49.2. The zero-order chi connectivity index (χ0) is 77.0.